The van der Waals surface area contributed by atoms with Gasteiger partial charge in [0.25, 0.3) is 23.6 Å². The predicted molar refractivity (Wildman–Crippen MR) is 81.9 cm³/mol. The van der Waals surface area contributed by atoms with Crippen molar-refractivity contribution in [2.45, 2.75) is 52.4 Å². The maximum atomic E-state index is 12.2. The zero-order valence-corrected chi connectivity index (χ0v) is 14.6. The van der Waals surface area contributed by atoms with E-state index in [4.69, 9.17) is 9.68 Å². The number of imide groups is 2. The van der Waals surface area contributed by atoms with E-state index in [0.717, 1.165) is 0 Å². The summed E-state index contributed by atoms with van der Waals surface area (Å²) < 4.78 is 0. The molecule has 0 aromatic rings. The molecule has 2 unspecified atom stereocenters. The molecule has 2 aliphatic rings. The van der Waals surface area contributed by atoms with Crippen LogP contribution in [-0.2, 0) is 38.4 Å². The van der Waals surface area contributed by atoms with E-state index in [2.05, 4.69) is 0 Å². The Bertz CT molecular complexity index is 627. The molecule has 2 atom stereocenters. The van der Waals surface area contributed by atoms with E-state index in [1.54, 1.807) is 6.92 Å². The number of nitrogens with zero attached hydrogens (tertiary/aromatic N) is 2. The number of hydrogen-bond donors (Lipinski definition) is 0. The molecule has 2 fully saturated rings. The molecule has 0 N–H and O–H groups in total. The molecule has 0 aliphatic carbocycles. The first-order valence-corrected chi connectivity index (χ1v) is 8.39. The molecule has 2 rings (SSSR count). The molecule has 0 bridgehead atoms. The van der Waals surface area contributed by atoms with E-state index in [9.17, 15) is 28.8 Å². The molecule has 4 amide bonds. The summed E-state index contributed by atoms with van der Waals surface area (Å²) in [4.78, 5) is 79.9. The second kappa shape index (κ2) is 8.07. The zero-order valence-electron chi connectivity index (χ0n) is 14.6. The Balaban J connectivity index is 1.91. The van der Waals surface area contributed by atoms with E-state index in [1.165, 1.54) is 6.92 Å². The van der Waals surface area contributed by atoms with Gasteiger partial charge in [-0.2, -0.15) is 0 Å². The molecule has 26 heavy (non-hydrogen) atoms. The second-order valence-corrected chi connectivity index (χ2v) is 6.23. The van der Waals surface area contributed by atoms with E-state index in [0.29, 0.717) is 16.5 Å². The van der Waals surface area contributed by atoms with E-state index in [1.807, 2.05) is 0 Å². The smallest absolute Gasteiger partial charge is 0.330 e. The third-order valence-corrected chi connectivity index (χ3v) is 4.24. The van der Waals surface area contributed by atoms with Crippen molar-refractivity contribution in [3.05, 3.63) is 0 Å². The van der Waals surface area contributed by atoms with Gasteiger partial charge >= 0.3 is 11.9 Å². The molecular formula is C16H20N2O8. The number of rotatable bonds is 7. The lowest BCUT2D eigenvalue weighted by molar-refractivity contribution is -0.203. The molecule has 2 saturated heterocycles. The minimum atomic E-state index is -0.826. The first-order valence-electron chi connectivity index (χ1n) is 8.39. The van der Waals surface area contributed by atoms with E-state index >= 15 is 0 Å². The highest BCUT2D eigenvalue weighted by molar-refractivity contribution is 6.02. The van der Waals surface area contributed by atoms with Gasteiger partial charge in [0.2, 0.25) is 0 Å². The molecule has 10 nitrogen and oxygen atoms in total. The number of hydrogen-bond acceptors (Lipinski definition) is 8. The maximum Gasteiger partial charge on any atom is 0.336 e. The Labute approximate surface area is 149 Å². The summed E-state index contributed by atoms with van der Waals surface area (Å²) in [7, 11) is 0. The monoisotopic (exact) mass is 368 g/mol. The summed E-state index contributed by atoms with van der Waals surface area (Å²) in [5, 5.41) is 0.898. The molecule has 10 heteroatoms. The van der Waals surface area contributed by atoms with Crippen molar-refractivity contribution >= 4 is 35.6 Å². The van der Waals surface area contributed by atoms with Gasteiger partial charge in [-0.1, -0.05) is 13.8 Å². The first-order chi connectivity index (χ1) is 12.2. The van der Waals surface area contributed by atoms with Crippen LogP contribution in [0.5, 0.6) is 0 Å². The van der Waals surface area contributed by atoms with Gasteiger partial charge in [-0.25, -0.2) is 9.59 Å². The van der Waals surface area contributed by atoms with Crippen molar-refractivity contribution in [2.24, 2.45) is 11.8 Å². The van der Waals surface area contributed by atoms with Gasteiger partial charge < -0.3 is 9.68 Å². The van der Waals surface area contributed by atoms with Crippen LogP contribution < -0.4 is 0 Å². The fourth-order valence-electron chi connectivity index (χ4n) is 2.61. The summed E-state index contributed by atoms with van der Waals surface area (Å²) in [6.45, 7) is 3.17. The van der Waals surface area contributed by atoms with Gasteiger partial charge in [-0.05, 0) is 12.8 Å². The molecule has 0 aromatic carbocycles. The normalized spacial score (nSPS) is 19.8. The molecular weight excluding hydrogens is 348 g/mol. The summed E-state index contributed by atoms with van der Waals surface area (Å²) in [5.41, 5.74) is 0. The van der Waals surface area contributed by atoms with Crippen molar-refractivity contribution in [1.29, 1.82) is 0 Å². The fourth-order valence-corrected chi connectivity index (χ4v) is 2.61. The summed E-state index contributed by atoms with van der Waals surface area (Å²) in [6.07, 6.45) is 0.270. The van der Waals surface area contributed by atoms with Crippen LogP contribution >= 0.6 is 0 Å². The Morgan fingerprint density at radius 1 is 0.846 bits per heavy atom. The average molecular weight is 368 g/mol. The van der Waals surface area contributed by atoms with Crippen LogP contribution in [0.4, 0.5) is 0 Å². The lowest BCUT2D eigenvalue weighted by Gasteiger charge is -2.21. The molecule has 0 radical (unpaired) electrons. The van der Waals surface area contributed by atoms with Crippen molar-refractivity contribution < 1.29 is 38.4 Å². The van der Waals surface area contributed by atoms with Crippen LogP contribution in [0, 0.1) is 11.8 Å². The molecule has 2 heterocycles. The van der Waals surface area contributed by atoms with Crippen molar-refractivity contribution in [3.8, 4) is 0 Å². The van der Waals surface area contributed by atoms with Crippen molar-refractivity contribution in [3.63, 3.8) is 0 Å². The second-order valence-electron chi connectivity index (χ2n) is 6.23. The Morgan fingerprint density at radius 2 is 1.23 bits per heavy atom. The predicted octanol–water partition coefficient (Wildman–Crippen LogP) is 0.253. The highest BCUT2D eigenvalue weighted by Gasteiger charge is 2.37. The number of hydroxylamine groups is 4. The largest absolute Gasteiger partial charge is 0.336 e. The molecule has 0 aromatic heterocycles. The Morgan fingerprint density at radius 3 is 1.62 bits per heavy atom. The standard InChI is InChI=1S/C16H20N2O8/c1-3-10(16(24)26-18-13(21)6-7-14(18)22)8-9(2)15(23)25-17-11(19)4-5-12(17)20/h9-10H,3-8H2,1-2H3. The molecule has 142 valence electrons. The van der Waals surface area contributed by atoms with Gasteiger partial charge in [0.05, 0.1) is 11.8 Å². The van der Waals surface area contributed by atoms with Gasteiger partial charge in [-0.15, -0.1) is 10.1 Å². The van der Waals surface area contributed by atoms with Crippen LogP contribution in [0.1, 0.15) is 52.4 Å². The fraction of sp³-hybridized carbons (Fsp3) is 0.625. The minimum Gasteiger partial charge on any atom is -0.330 e. The van der Waals surface area contributed by atoms with E-state index < -0.39 is 47.4 Å². The highest BCUT2D eigenvalue weighted by atomic mass is 16.7. The lowest BCUT2D eigenvalue weighted by Crippen LogP contribution is -2.37. The molecule has 0 saturated carbocycles. The van der Waals surface area contributed by atoms with Crippen LogP contribution in [0.3, 0.4) is 0 Å². The molecule has 0 spiro atoms. The van der Waals surface area contributed by atoms with Crippen LogP contribution in [0.15, 0.2) is 0 Å². The SMILES string of the molecule is CCC(CC(C)C(=O)ON1C(=O)CCC1=O)C(=O)ON1C(=O)CCC1=O. The molecule has 2 aliphatic heterocycles. The Kier molecular flexibility index (Phi) is 6.06. The Hall–Kier alpha value is -2.78. The van der Waals surface area contributed by atoms with Crippen LogP contribution in [0.25, 0.3) is 0 Å². The van der Waals surface area contributed by atoms with Crippen LogP contribution in [0.2, 0.25) is 0 Å². The summed E-state index contributed by atoms with van der Waals surface area (Å²) >= 11 is 0. The zero-order chi connectivity index (χ0) is 19.4. The highest BCUT2D eigenvalue weighted by Crippen LogP contribution is 2.22. The number of carbonyl (C=O) groups excluding carboxylic acids is 6. The number of carbonyl (C=O) groups is 6. The average Bonchev–Trinajstić information content (AvgIpc) is 3.09. The minimum absolute atomic E-state index is 0.0104. The van der Waals surface area contributed by atoms with Gasteiger partial charge in [0.15, 0.2) is 0 Å². The van der Waals surface area contributed by atoms with Gasteiger partial charge in [0.1, 0.15) is 0 Å². The van der Waals surface area contributed by atoms with Gasteiger partial charge in [-0.3, -0.25) is 19.2 Å². The summed E-state index contributed by atoms with van der Waals surface area (Å²) in [5.74, 6) is -5.55. The maximum absolute atomic E-state index is 12.2. The van der Waals surface area contributed by atoms with Crippen LogP contribution in [-0.4, -0.2) is 45.7 Å². The number of amides is 4. The topological polar surface area (TPSA) is 127 Å². The van der Waals surface area contributed by atoms with Crippen molar-refractivity contribution in [1.82, 2.24) is 10.1 Å². The quantitative estimate of drug-likeness (QED) is 0.585. The first kappa shape index (κ1) is 19.5. The lowest BCUT2D eigenvalue weighted by atomic mass is 9.94. The van der Waals surface area contributed by atoms with Crippen molar-refractivity contribution in [2.75, 3.05) is 0 Å². The third-order valence-electron chi connectivity index (χ3n) is 4.24. The van der Waals surface area contributed by atoms with Gasteiger partial charge in [0, 0.05) is 25.7 Å². The third kappa shape index (κ3) is 4.24. The van der Waals surface area contributed by atoms with E-state index in [-0.39, 0.29) is 32.1 Å². The summed E-state index contributed by atoms with van der Waals surface area (Å²) in [6, 6.07) is 0.